The highest BCUT2D eigenvalue weighted by atomic mass is 16.2. The first-order valence-corrected chi connectivity index (χ1v) is 10.0. The summed E-state index contributed by atoms with van der Waals surface area (Å²) in [6.45, 7) is 6.69. The third-order valence-corrected chi connectivity index (χ3v) is 5.75. The molecule has 2 aliphatic heterocycles. The highest BCUT2D eigenvalue weighted by Gasteiger charge is 2.25. The van der Waals surface area contributed by atoms with Crippen LogP contribution in [0.4, 0.5) is 22.7 Å². The van der Waals surface area contributed by atoms with Crippen molar-refractivity contribution >= 4 is 28.7 Å². The highest BCUT2D eigenvalue weighted by molar-refractivity contribution is 6.08. The number of likely N-dealkylation sites (N-methyl/N-ethyl adjacent to an activating group) is 1. The van der Waals surface area contributed by atoms with Crippen LogP contribution in [-0.4, -0.2) is 56.6 Å². The minimum absolute atomic E-state index is 0.0266. The van der Waals surface area contributed by atoms with Crippen molar-refractivity contribution in [3.63, 3.8) is 0 Å². The van der Waals surface area contributed by atoms with Crippen LogP contribution >= 0.6 is 0 Å². The Morgan fingerprint density at radius 2 is 1.79 bits per heavy atom. The summed E-state index contributed by atoms with van der Waals surface area (Å²) in [4.78, 5) is 19.9. The number of hydrogen-bond donors (Lipinski definition) is 2. The zero-order valence-electron chi connectivity index (χ0n) is 16.7. The summed E-state index contributed by atoms with van der Waals surface area (Å²) >= 11 is 0. The molecule has 3 N–H and O–H groups in total. The normalized spacial score (nSPS) is 20.3. The standard InChI is InChI=1S/C22H29N5O/c1-16-9-10-27(20-6-4-3-5-19(20)24-16)22(28)17-7-8-18(23)21(15-17)26-13-11-25(2)12-14-26/h3-8,15-16,24H,9-14,23H2,1-2H3. The molecule has 1 amide bonds. The molecule has 1 saturated heterocycles. The van der Waals surface area contributed by atoms with Gasteiger partial charge in [0.1, 0.15) is 0 Å². The van der Waals surface area contributed by atoms with Crippen LogP contribution < -0.4 is 20.9 Å². The molecule has 0 aliphatic carbocycles. The van der Waals surface area contributed by atoms with Crippen LogP contribution in [0.15, 0.2) is 42.5 Å². The molecule has 6 nitrogen and oxygen atoms in total. The van der Waals surface area contributed by atoms with Gasteiger partial charge in [-0.25, -0.2) is 0 Å². The van der Waals surface area contributed by atoms with Gasteiger partial charge >= 0.3 is 0 Å². The molecule has 0 aromatic heterocycles. The number of fused-ring (bicyclic) bond motifs is 1. The van der Waals surface area contributed by atoms with Crippen molar-refractivity contribution in [1.29, 1.82) is 0 Å². The molecule has 0 spiro atoms. The van der Waals surface area contributed by atoms with Crippen molar-refractivity contribution in [1.82, 2.24) is 4.90 Å². The topological polar surface area (TPSA) is 64.8 Å². The number of carbonyl (C=O) groups excluding carboxylic acids is 1. The minimum Gasteiger partial charge on any atom is -0.397 e. The summed E-state index contributed by atoms with van der Waals surface area (Å²) in [5.74, 6) is 0.0266. The number of hydrogen-bond acceptors (Lipinski definition) is 5. The van der Waals surface area contributed by atoms with E-state index in [1.807, 2.05) is 47.4 Å². The van der Waals surface area contributed by atoms with Crippen molar-refractivity contribution in [3.8, 4) is 0 Å². The molecule has 148 valence electrons. The van der Waals surface area contributed by atoms with E-state index in [2.05, 4.69) is 29.1 Å². The highest BCUT2D eigenvalue weighted by Crippen LogP contribution is 2.32. The number of benzene rings is 2. The first kappa shape index (κ1) is 18.6. The lowest BCUT2D eigenvalue weighted by molar-refractivity contribution is 0.0987. The SMILES string of the molecule is CC1CCN(C(=O)c2ccc(N)c(N3CCN(C)CC3)c2)c2ccccc2N1. The van der Waals surface area contributed by atoms with Crippen molar-refractivity contribution < 1.29 is 4.79 Å². The molecule has 1 atom stereocenters. The molecular weight excluding hydrogens is 350 g/mol. The van der Waals surface area contributed by atoms with Gasteiger partial charge in [-0.05, 0) is 50.7 Å². The lowest BCUT2D eigenvalue weighted by Crippen LogP contribution is -2.44. The molecule has 4 rings (SSSR count). The average molecular weight is 380 g/mol. The molecule has 1 unspecified atom stereocenters. The number of carbonyl (C=O) groups is 1. The van der Waals surface area contributed by atoms with E-state index >= 15 is 0 Å². The summed E-state index contributed by atoms with van der Waals surface area (Å²) in [5, 5.41) is 3.51. The van der Waals surface area contributed by atoms with Crippen LogP contribution in [0.2, 0.25) is 0 Å². The van der Waals surface area contributed by atoms with E-state index in [0.29, 0.717) is 18.2 Å². The van der Waals surface area contributed by atoms with Crippen molar-refractivity contribution in [2.75, 3.05) is 60.6 Å². The van der Waals surface area contributed by atoms with Crippen molar-refractivity contribution in [2.45, 2.75) is 19.4 Å². The summed E-state index contributed by atoms with van der Waals surface area (Å²) in [7, 11) is 2.13. The fourth-order valence-corrected chi connectivity index (χ4v) is 3.98. The quantitative estimate of drug-likeness (QED) is 0.786. The van der Waals surface area contributed by atoms with Gasteiger partial charge in [-0.15, -0.1) is 0 Å². The van der Waals surface area contributed by atoms with E-state index in [4.69, 9.17) is 5.73 Å². The molecule has 2 heterocycles. The van der Waals surface area contributed by atoms with Crippen molar-refractivity contribution in [2.24, 2.45) is 0 Å². The Balaban J connectivity index is 1.64. The summed E-state index contributed by atoms with van der Waals surface area (Å²) in [6.07, 6.45) is 0.903. The second-order valence-corrected chi connectivity index (χ2v) is 7.87. The van der Waals surface area contributed by atoms with E-state index in [9.17, 15) is 4.79 Å². The number of para-hydroxylation sites is 2. The molecule has 6 heteroatoms. The molecule has 28 heavy (non-hydrogen) atoms. The first-order chi connectivity index (χ1) is 13.5. The smallest absolute Gasteiger partial charge is 0.258 e. The summed E-state index contributed by atoms with van der Waals surface area (Å²) in [5.41, 5.74) is 10.6. The molecule has 0 radical (unpaired) electrons. The number of nitrogen functional groups attached to an aromatic ring is 1. The fourth-order valence-electron chi connectivity index (χ4n) is 3.98. The monoisotopic (exact) mass is 379 g/mol. The van der Waals surface area contributed by atoms with Gasteiger partial charge in [-0.1, -0.05) is 12.1 Å². The molecule has 0 saturated carbocycles. The first-order valence-electron chi connectivity index (χ1n) is 10.0. The second-order valence-electron chi connectivity index (χ2n) is 7.87. The number of amides is 1. The van der Waals surface area contributed by atoms with Crippen molar-refractivity contribution in [3.05, 3.63) is 48.0 Å². The fraction of sp³-hybridized carbons (Fsp3) is 0.409. The van der Waals surface area contributed by atoms with E-state index in [1.165, 1.54) is 0 Å². The predicted octanol–water partition coefficient (Wildman–Crippen LogP) is 2.87. The number of nitrogens with one attached hydrogen (secondary N) is 1. The third kappa shape index (κ3) is 3.64. The minimum atomic E-state index is 0.0266. The number of piperazine rings is 1. The molecule has 1 fully saturated rings. The Morgan fingerprint density at radius 1 is 1.04 bits per heavy atom. The maximum absolute atomic E-state index is 13.5. The van der Waals surface area contributed by atoms with Crippen LogP contribution in [0.5, 0.6) is 0 Å². The number of nitrogens with zero attached hydrogens (tertiary/aromatic N) is 3. The van der Waals surface area contributed by atoms with E-state index < -0.39 is 0 Å². The van der Waals surface area contributed by atoms with Crippen LogP contribution in [0.25, 0.3) is 0 Å². The summed E-state index contributed by atoms with van der Waals surface area (Å²) < 4.78 is 0. The Labute approximate surface area is 166 Å². The van der Waals surface area contributed by atoms with E-state index in [0.717, 1.165) is 55.3 Å². The Morgan fingerprint density at radius 3 is 2.57 bits per heavy atom. The van der Waals surface area contributed by atoms with Gasteiger partial charge in [0.15, 0.2) is 0 Å². The molecule has 2 aromatic rings. The summed E-state index contributed by atoms with van der Waals surface area (Å²) in [6, 6.07) is 14.0. The van der Waals surface area contributed by atoms with Gasteiger partial charge in [0.05, 0.1) is 22.7 Å². The average Bonchev–Trinajstić information content (AvgIpc) is 2.87. The molecular formula is C22H29N5O. The number of nitrogens with two attached hydrogens (primary N) is 1. The lowest BCUT2D eigenvalue weighted by atomic mass is 10.1. The Hall–Kier alpha value is -2.73. The Bertz CT molecular complexity index is 860. The molecule has 2 aromatic carbocycles. The van der Waals surface area contributed by atoms with Gasteiger partial charge < -0.3 is 25.8 Å². The largest absolute Gasteiger partial charge is 0.397 e. The number of anilines is 4. The van der Waals surface area contributed by atoms with Gasteiger partial charge in [-0.3, -0.25) is 4.79 Å². The van der Waals surface area contributed by atoms with Crippen LogP contribution in [0.3, 0.4) is 0 Å². The van der Waals surface area contributed by atoms with E-state index in [-0.39, 0.29) is 5.91 Å². The van der Waals surface area contributed by atoms with Crippen LogP contribution in [-0.2, 0) is 0 Å². The predicted molar refractivity (Wildman–Crippen MR) is 116 cm³/mol. The third-order valence-electron chi connectivity index (χ3n) is 5.75. The zero-order valence-corrected chi connectivity index (χ0v) is 16.7. The van der Waals surface area contributed by atoms with Gasteiger partial charge in [-0.2, -0.15) is 0 Å². The molecule has 2 aliphatic rings. The number of rotatable bonds is 2. The maximum Gasteiger partial charge on any atom is 0.258 e. The van der Waals surface area contributed by atoms with Gasteiger partial charge in [0.25, 0.3) is 5.91 Å². The molecule has 0 bridgehead atoms. The lowest BCUT2D eigenvalue weighted by Gasteiger charge is -2.35. The van der Waals surface area contributed by atoms with Crippen LogP contribution in [0, 0.1) is 0 Å². The van der Waals surface area contributed by atoms with E-state index in [1.54, 1.807) is 0 Å². The second kappa shape index (κ2) is 7.72. The van der Waals surface area contributed by atoms with Gasteiger partial charge in [0, 0.05) is 44.3 Å². The maximum atomic E-state index is 13.5. The van der Waals surface area contributed by atoms with Gasteiger partial charge in [0.2, 0.25) is 0 Å². The zero-order chi connectivity index (χ0) is 19.7. The van der Waals surface area contributed by atoms with Crippen LogP contribution in [0.1, 0.15) is 23.7 Å². The Kier molecular flexibility index (Phi) is 5.13.